The van der Waals surface area contributed by atoms with Gasteiger partial charge in [-0.1, -0.05) is 63.3 Å². The fourth-order valence-corrected chi connectivity index (χ4v) is 5.14. The number of nitriles is 1. The topological polar surface area (TPSA) is 91.8 Å². The van der Waals surface area contributed by atoms with Crippen LogP contribution in [0.25, 0.3) is 21.8 Å². The molecule has 1 N–H and O–H groups in total. The van der Waals surface area contributed by atoms with Crippen molar-refractivity contribution in [3.05, 3.63) is 88.3 Å². The lowest BCUT2D eigenvalue weighted by Crippen LogP contribution is -2.44. The van der Waals surface area contributed by atoms with Gasteiger partial charge in [-0.25, -0.2) is 4.98 Å². The molecule has 1 aliphatic heterocycles. The van der Waals surface area contributed by atoms with Gasteiger partial charge in [-0.3, -0.25) is 14.3 Å². The SMILES string of the molecule is C/C=C\C(=C/CC)Cn1c(N2CCNCC2)c(C#N)c2ncn(Cc3nccc4ccccc34)c(=O)c21.CC. The molecule has 4 aromatic rings. The molecule has 0 aliphatic carbocycles. The summed E-state index contributed by atoms with van der Waals surface area (Å²) in [5, 5.41) is 15.7. The van der Waals surface area contributed by atoms with E-state index in [0.717, 1.165) is 60.5 Å². The Hall–Kier alpha value is -4.22. The smallest absolute Gasteiger partial charge is 0.278 e. The number of aromatic nitrogens is 4. The number of benzene rings is 1. The molecule has 202 valence electrons. The normalized spacial score (nSPS) is 14.0. The highest BCUT2D eigenvalue weighted by atomic mass is 16.1. The van der Waals surface area contributed by atoms with Crippen molar-refractivity contribution in [3.63, 3.8) is 0 Å². The molecule has 4 heterocycles. The fourth-order valence-electron chi connectivity index (χ4n) is 5.14. The number of nitrogens with one attached hydrogen (secondary N) is 1. The van der Waals surface area contributed by atoms with Crippen molar-refractivity contribution in [1.29, 1.82) is 5.26 Å². The minimum Gasteiger partial charge on any atom is -0.354 e. The summed E-state index contributed by atoms with van der Waals surface area (Å²) in [7, 11) is 0. The zero-order valence-corrected chi connectivity index (χ0v) is 23.3. The van der Waals surface area contributed by atoms with Gasteiger partial charge in [0.15, 0.2) is 0 Å². The van der Waals surface area contributed by atoms with Gasteiger partial charge >= 0.3 is 0 Å². The van der Waals surface area contributed by atoms with Crippen molar-refractivity contribution in [2.75, 3.05) is 31.1 Å². The molecule has 1 aliphatic rings. The predicted octanol–water partition coefficient (Wildman–Crippen LogP) is 5.01. The van der Waals surface area contributed by atoms with Gasteiger partial charge < -0.3 is 14.8 Å². The van der Waals surface area contributed by atoms with Gasteiger partial charge in [-0.05, 0) is 30.4 Å². The summed E-state index contributed by atoms with van der Waals surface area (Å²) in [4.78, 5) is 25.5. The van der Waals surface area contributed by atoms with Crippen LogP contribution in [-0.2, 0) is 13.1 Å². The van der Waals surface area contributed by atoms with E-state index in [1.54, 1.807) is 17.1 Å². The van der Waals surface area contributed by atoms with Crippen LogP contribution in [0.2, 0.25) is 0 Å². The molecule has 8 heteroatoms. The highest BCUT2D eigenvalue weighted by Crippen LogP contribution is 2.31. The molecule has 39 heavy (non-hydrogen) atoms. The maximum absolute atomic E-state index is 14.0. The number of fused-ring (bicyclic) bond motifs is 2. The monoisotopic (exact) mass is 523 g/mol. The number of rotatable bonds is 7. The molecule has 0 unspecified atom stereocenters. The molecule has 0 radical (unpaired) electrons. The van der Waals surface area contributed by atoms with Crippen molar-refractivity contribution in [1.82, 2.24) is 24.4 Å². The van der Waals surface area contributed by atoms with Gasteiger partial charge in [0.1, 0.15) is 28.5 Å². The lowest BCUT2D eigenvalue weighted by Gasteiger charge is -2.30. The highest BCUT2D eigenvalue weighted by Gasteiger charge is 2.27. The van der Waals surface area contributed by atoms with Crippen molar-refractivity contribution in [2.24, 2.45) is 0 Å². The van der Waals surface area contributed by atoms with E-state index in [2.05, 4.69) is 45.3 Å². The maximum Gasteiger partial charge on any atom is 0.278 e. The Morgan fingerprint density at radius 2 is 1.92 bits per heavy atom. The summed E-state index contributed by atoms with van der Waals surface area (Å²) in [5.41, 5.74) is 3.10. The standard InChI is InChI=1S/C29H31N7O.C2H6/c1-3-7-21(8-4-2)18-36-27-26(24(17-30)28(36)34-15-13-31-14-16-34)33-20-35(29(27)37)19-25-23-10-6-5-9-22(23)11-12-32-25;1-2/h3,5-12,20,31H,4,13-16,18-19H2,1-2H3;1-2H3/b7-3-,21-8+;. The first-order valence-corrected chi connectivity index (χ1v) is 13.8. The van der Waals surface area contributed by atoms with E-state index in [9.17, 15) is 10.1 Å². The van der Waals surface area contributed by atoms with E-state index in [1.165, 1.54) is 0 Å². The van der Waals surface area contributed by atoms with Crippen LogP contribution in [0.5, 0.6) is 0 Å². The fraction of sp³-hybridized carbons (Fsp3) is 0.355. The Kier molecular flexibility index (Phi) is 9.29. The molecule has 0 bridgehead atoms. The first-order valence-electron chi connectivity index (χ1n) is 13.8. The first-order chi connectivity index (χ1) is 19.2. The van der Waals surface area contributed by atoms with Crippen LogP contribution in [0.1, 0.15) is 45.4 Å². The van der Waals surface area contributed by atoms with E-state index < -0.39 is 0 Å². The summed E-state index contributed by atoms with van der Waals surface area (Å²) in [6, 6.07) is 12.4. The Morgan fingerprint density at radius 1 is 1.15 bits per heavy atom. The van der Waals surface area contributed by atoms with Crippen molar-refractivity contribution in [3.8, 4) is 6.07 Å². The molecule has 0 amide bonds. The van der Waals surface area contributed by atoms with E-state index in [0.29, 0.717) is 29.7 Å². The Morgan fingerprint density at radius 3 is 2.64 bits per heavy atom. The van der Waals surface area contributed by atoms with Crippen LogP contribution in [-0.4, -0.2) is 45.3 Å². The van der Waals surface area contributed by atoms with E-state index in [-0.39, 0.29) is 5.56 Å². The van der Waals surface area contributed by atoms with Crippen LogP contribution in [0.3, 0.4) is 0 Å². The zero-order valence-electron chi connectivity index (χ0n) is 23.3. The number of piperazine rings is 1. The number of anilines is 1. The summed E-state index contributed by atoms with van der Waals surface area (Å²) < 4.78 is 3.61. The summed E-state index contributed by atoms with van der Waals surface area (Å²) in [5.74, 6) is 0.774. The largest absolute Gasteiger partial charge is 0.354 e. The molecular weight excluding hydrogens is 486 g/mol. The molecule has 1 aromatic carbocycles. The van der Waals surface area contributed by atoms with Crippen molar-refractivity contribution >= 4 is 27.6 Å². The van der Waals surface area contributed by atoms with Crippen LogP contribution < -0.4 is 15.8 Å². The zero-order chi connectivity index (χ0) is 27.8. The van der Waals surface area contributed by atoms with E-state index in [1.807, 2.05) is 61.7 Å². The summed E-state index contributed by atoms with van der Waals surface area (Å²) in [6.45, 7) is 12.0. The Labute approximate surface area is 229 Å². The minimum absolute atomic E-state index is 0.172. The third kappa shape index (κ3) is 5.64. The lowest BCUT2D eigenvalue weighted by molar-refractivity contribution is 0.576. The van der Waals surface area contributed by atoms with Crippen molar-refractivity contribution in [2.45, 2.75) is 47.2 Å². The van der Waals surface area contributed by atoms with Gasteiger partial charge in [0.25, 0.3) is 5.56 Å². The Balaban J connectivity index is 0.00000172. The molecule has 1 saturated heterocycles. The number of hydrogen-bond acceptors (Lipinski definition) is 6. The highest BCUT2D eigenvalue weighted by molar-refractivity contribution is 5.89. The lowest BCUT2D eigenvalue weighted by atomic mass is 10.1. The van der Waals surface area contributed by atoms with Crippen LogP contribution in [0.4, 0.5) is 5.82 Å². The number of nitrogens with zero attached hydrogens (tertiary/aromatic N) is 6. The van der Waals surface area contributed by atoms with Crippen LogP contribution in [0, 0.1) is 11.3 Å². The van der Waals surface area contributed by atoms with Crippen LogP contribution >= 0.6 is 0 Å². The summed E-state index contributed by atoms with van der Waals surface area (Å²) in [6.07, 6.45) is 10.4. The average molecular weight is 524 g/mol. The quantitative estimate of drug-likeness (QED) is 0.342. The second-order valence-electron chi connectivity index (χ2n) is 9.17. The molecule has 5 rings (SSSR count). The average Bonchev–Trinajstić information content (AvgIpc) is 3.30. The van der Waals surface area contributed by atoms with E-state index in [4.69, 9.17) is 0 Å². The molecule has 3 aromatic heterocycles. The molecule has 0 atom stereocenters. The second kappa shape index (κ2) is 13.0. The predicted molar refractivity (Wildman–Crippen MR) is 159 cm³/mol. The third-order valence-corrected chi connectivity index (χ3v) is 6.79. The molecule has 0 spiro atoms. The summed E-state index contributed by atoms with van der Waals surface area (Å²) >= 11 is 0. The molecule has 1 fully saturated rings. The first kappa shape index (κ1) is 27.8. The molecular formula is C31H37N7O. The van der Waals surface area contributed by atoms with Gasteiger partial charge in [0.05, 0.1) is 18.6 Å². The minimum atomic E-state index is -0.172. The second-order valence-corrected chi connectivity index (χ2v) is 9.17. The van der Waals surface area contributed by atoms with Crippen molar-refractivity contribution < 1.29 is 0 Å². The molecule has 8 nitrogen and oxygen atoms in total. The Bertz CT molecular complexity index is 1590. The third-order valence-electron chi connectivity index (χ3n) is 6.79. The van der Waals surface area contributed by atoms with Gasteiger partial charge in [-0.2, -0.15) is 5.26 Å². The number of allylic oxidation sites excluding steroid dienone is 4. The number of hydrogen-bond donors (Lipinski definition) is 1. The maximum atomic E-state index is 14.0. The van der Waals surface area contributed by atoms with E-state index >= 15 is 0 Å². The van der Waals surface area contributed by atoms with Crippen LogP contribution in [0.15, 0.2) is 71.5 Å². The van der Waals surface area contributed by atoms with Gasteiger partial charge in [0.2, 0.25) is 0 Å². The molecule has 0 saturated carbocycles. The number of pyridine rings is 1. The van der Waals surface area contributed by atoms with Gasteiger partial charge in [0, 0.05) is 44.3 Å². The van der Waals surface area contributed by atoms with Gasteiger partial charge in [-0.15, -0.1) is 0 Å².